The number of aromatic nitrogens is 2. The Bertz CT molecular complexity index is 309. The summed E-state index contributed by atoms with van der Waals surface area (Å²) in [4.78, 5) is 11.3. The lowest BCUT2D eigenvalue weighted by Crippen LogP contribution is -2.26. The molecule has 1 rings (SSSR count). The summed E-state index contributed by atoms with van der Waals surface area (Å²) >= 11 is 0. The van der Waals surface area contributed by atoms with E-state index in [1.807, 2.05) is 13.1 Å². The first-order valence-electron chi connectivity index (χ1n) is 5.09. The molecule has 0 unspecified atom stereocenters. The fourth-order valence-corrected chi connectivity index (χ4v) is 1.20. The molecule has 0 aliphatic carbocycles. The Balaban J connectivity index is 2.16. The number of hydrogen-bond acceptors (Lipinski definition) is 3. The van der Waals surface area contributed by atoms with Gasteiger partial charge in [-0.3, -0.25) is 9.48 Å². The number of carbonyl (C=O) groups excluding carboxylic acids is 1. The van der Waals surface area contributed by atoms with Crippen LogP contribution in [0.5, 0.6) is 0 Å². The second-order valence-electron chi connectivity index (χ2n) is 3.46. The molecule has 0 aliphatic rings. The third-order valence-electron chi connectivity index (χ3n) is 1.99. The second-order valence-corrected chi connectivity index (χ2v) is 3.46. The van der Waals surface area contributed by atoms with Gasteiger partial charge in [0.2, 0.25) is 5.91 Å². The molecule has 5 nitrogen and oxygen atoms in total. The number of nitrogens with zero attached hydrogens (tertiary/aromatic N) is 2. The van der Waals surface area contributed by atoms with Crippen LogP contribution in [0.15, 0.2) is 12.4 Å². The standard InChI is InChI=1S/C10H17N3O2/c1-9-7-12-13(8-9)5-3-10(15)11-4-2-6-14/h7-8,14H,2-6H2,1H3,(H,11,15). The molecule has 0 radical (unpaired) electrons. The van der Waals surface area contributed by atoms with Gasteiger partial charge in [0.25, 0.3) is 0 Å². The van der Waals surface area contributed by atoms with Gasteiger partial charge in [0.05, 0.1) is 6.20 Å². The van der Waals surface area contributed by atoms with E-state index < -0.39 is 0 Å². The van der Waals surface area contributed by atoms with Crippen LogP contribution in [-0.4, -0.2) is 33.9 Å². The van der Waals surface area contributed by atoms with Crippen LogP contribution in [0.3, 0.4) is 0 Å². The molecule has 5 heteroatoms. The number of aliphatic hydroxyl groups is 1. The van der Waals surface area contributed by atoms with Crippen molar-refractivity contribution in [2.45, 2.75) is 26.3 Å². The number of aryl methyl sites for hydroxylation is 2. The van der Waals surface area contributed by atoms with E-state index in [1.54, 1.807) is 10.9 Å². The molecular weight excluding hydrogens is 194 g/mol. The van der Waals surface area contributed by atoms with Crippen molar-refractivity contribution in [2.75, 3.05) is 13.2 Å². The fraction of sp³-hybridized carbons (Fsp3) is 0.600. The maximum Gasteiger partial charge on any atom is 0.221 e. The van der Waals surface area contributed by atoms with Crippen LogP contribution in [0.4, 0.5) is 0 Å². The number of nitrogens with one attached hydrogen (secondary N) is 1. The molecule has 0 aliphatic heterocycles. The van der Waals surface area contributed by atoms with Crippen molar-refractivity contribution in [3.05, 3.63) is 18.0 Å². The van der Waals surface area contributed by atoms with Gasteiger partial charge in [-0.05, 0) is 18.9 Å². The molecule has 15 heavy (non-hydrogen) atoms. The van der Waals surface area contributed by atoms with Crippen LogP contribution >= 0.6 is 0 Å². The molecule has 0 atom stereocenters. The lowest BCUT2D eigenvalue weighted by atomic mass is 10.3. The van der Waals surface area contributed by atoms with Crippen molar-refractivity contribution in [2.24, 2.45) is 0 Å². The van der Waals surface area contributed by atoms with Gasteiger partial charge in [-0.15, -0.1) is 0 Å². The van der Waals surface area contributed by atoms with E-state index in [4.69, 9.17) is 5.11 Å². The highest BCUT2D eigenvalue weighted by Crippen LogP contribution is 1.95. The summed E-state index contributed by atoms with van der Waals surface area (Å²) in [6, 6.07) is 0. The minimum atomic E-state index is -0.00315. The minimum absolute atomic E-state index is 0.00315. The molecule has 0 spiro atoms. The predicted octanol–water partition coefficient (Wildman–Crippen LogP) is 0.0802. The van der Waals surface area contributed by atoms with Crippen molar-refractivity contribution in [1.82, 2.24) is 15.1 Å². The molecule has 1 amide bonds. The SMILES string of the molecule is Cc1cnn(CCC(=O)NCCCO)c1. The molecule has 2 N–H and O–H groups in total. The first-order valence-corrected chi connectivity index (χ1v) is 5.09. The third-order valence-corrected chi connectivity index (χ3v) is 1.99. The number of amides is 1. The molecule has 0 aromatic carbocycles. The smallest absolute Gasteiger partial charge is 0.221 e. The van der Waals surface area contributed by atoms with Gasteiger partial charge < -0.3 is 10.4 Å². The maximum absolute atomic E-state index is 11.3. The summed E-state index contributed by atoms with van der Waals surface area (Å²) in [6.45, 7) is 3.20. The molecule has 0 saturated heterocycles. The molecule has 1 aromatic rings. The first-order chi connectivity index (χ1) is 7.22. The Morgan fingerprint density at radius 1 is 1.67 bits per heavy atom. The van der Waals surface area contributed by atoms with Crippen LogP contribution in [0.1, 0.15) is 18.4 Å². The number of aliphatic hydroxyl groups excluding tert-OH is 1. The van der Waals surface area contributed by atoms with Gasteiger partial charge in [0.15, 0.2) is 0 Å². The average Bonchev–Trinajstić information content (AvgIpc) is 2.62. The van der Waals surface area contributed by atoms with Crippen molar-refractivity contribution in [1.29, 1.82) is 0 Å². The molecular formula is C10H17N3O2. The Morgan fingerprint density at radius 3 is 3.07 bits per heavy atom. The number of rotatable bonds is 6. The highest BCUT2D eigenvalue weighted by Gasteiger charge is 2.01. The highest BCUT2D eigenvalue weighted by atomic mass is 16.3. The predicted molar refractivity (Wildman–Crippen MR) is 56.3 cm³/mol. The van der Waals surface area contributed by atoms with Gasteiger partial charge >= 0.3 is 0 Å². The zero-order valence-corrected chi connectivity index (χ0v) is 8.94. The third kappa shape index (κ3) is 4.60. The normalized spacial score (nSPS) is 10.3. The van der Waals surface area contributed by atoms with Crippen molar-refractivity contribution < 1.29 is 9.90 Å². The Kier molecular flexibility index (Phi) is 4.83. The van der Waals surface area contributed by atoms with E-state index in [9.17, 15) is 4.79 Å². The summed E-state index contributed by atoms with van der Waals surface area (Å²) in [5.74, 6) is -0.00315. The van der Waals surface area contributed by atoms with Crippen molar-refractivity contribution >= 4 is 5.91 Å². The Labute approximate surface area is 89.1 Å². The van der Waals surface area contributed by atoms with Crippen molar-refractivity contribution in [3.8, 4) is 0 Å². The monoisotopic (exact) mass is 211 g/mol. The van der Waals surface area contributed by atoms with Crippen LogP contribution in [-0.2, 0) is 11.3 Å². The molecule has 0 saturated carbocycles. The van der Waals surface area contributed by atoms with Gasteiger partial charge in [0, 0.05) is 32.3 Å². The minimum Gasteiger partial charge on any atom is -0.396 e. The van der Waals surface area contributed by atoms with E-state index >= 15 is 0 Å². The molecule has 1 aromatic heterocycles. The van der Waals surface area contributed by atoms with Crippen LogP contribution in [0.25, 0.3) is 0 Å². The summed E-state index contributed by atoms with van der Waals surface area (Å²) in [5, 5.41) is 15.3. The largest absolute Gasteiger partial charge is 0.396 e. The van der Waals surface area contributed by atoms with E-state index in [-0.39, 0.29) is 12.5 Å². The Hall–Kier alpha value is -1.36. The second kappa shape index (κ2) is 6.19. The zero-order chi connectivity index (χ0) is 11.1. The summed E-state index contributed by atoms with van der Waals surface area (Å²) < 4.78 is 1.75. The summed E-state index contributed by atoms with van der Waals surface area (Å²) in [7, 11) is 0. The number of carbonyl (C=O) groups is 1. The highest BCUT2D eigenvalue weighted by molar-refractivity contribution is 5.75. The lowest BCUT2D eigenvalue weighted by molar-refractivity contribution is -0.121. The fourth-order valence-electron chi connectivity index (χ4n) is 1.20. The van der Waals surface area contributed by atoms with Gasteiger partial charge in [-0.25, -0.2) is 0 Å². The Morgan fingerprint density at radius 2 is 2.47 bits per heavy atom. The van der Waals surface area contributed by atoms with Crippen LogP contribution in [0, 0.1) is 6.92 Å². The lowest BCUT2D eigenvalue weighted by Gasteiger charge is -2.03. The van der Waals surface area contributed by atoms with E-state index in [0.717, 1.165) is 5.56 Å². The van der Waals surface area contributed by atoms with E-state index in [1.165, 1.54) is 0 Å². The van der Waals surface area contributed by atoms with E-state index in [2.05, 4.69) is 10.4 Å². The molecule has 1 heterocycles. The van der Waals surface area contributed by atoms with Gasteiger partial charge in [-0.1, -0.05) is 0 Å². The van der Waals surface area contributed by atoms with Gasteiger partial charge in [0.1, 0.15) is 0 Å². The van der Waals surface area contributed by atoms with Crippen LogP contribution < -0.4 is 5.32 Å². The molecule has 84 valence electrons. The molecule has 0 fully saturated rings. The maximum atomic E-state index is 11.3. The average molecular weight is 211 g/mol. The molecule has 0 bridgehead atoms. The van der Waals surface area contributed by atoms with Crippen LogP contribution in [0.2, 0.25) is 0 Å². The summed E-state index contributed by atoms with van der Waals surface area (Å²) in [5.41, 5.74) is 1.09. The zero-order valence-electron chi connectivity index (χ0n) is 8.94. The number of hydrogen-bond donors (Lipinski definition) is 2. The quantitative estimate of drug-likeness (QED) is 0.655. The van der Waals surface area contributed by atoms with Gasteiger partial charge in [-0.2, -0.15) is 5.10 Å². The van der Waals surface area contributed by atoms with E-state index in [0.29, 0.717) is 25.9 Å². The first kappa shape index (κ1) is 11.7. The van der Waals surface area contributed by atoms with Crippen molar-refractivity contribution in [3.63, 3.8) is 0 Å². The summed E-state index contributed by atoms with van der Waals surface area (Å²) in [6.07, 6.45) is 4.70. The topological polar surface area (TPSA) is 67.2 Å².